The zero-order chi connectivity index (χ0) is 17.2. The van der Waals surface area contributed by atoms with Gasteiger partial charge < -0.3 is 14.9 Å². The summed E-state index contributed by atoms with van der Waals surface area (Å²) in [6.07, 6.45) is 6.32. The molecular formula is C19H23N3O3. The first-order valence-corrected chi connectivity index (χ1v) is 9.10. The maximum Gasteiger partial charge on any atom is 0.251 e. The van der Waals surface area contributed by atoms with Crippen LogP contribution in [0.1, 0.15) is 60.7 Å². The minimum absolute atomic E-state index is 0.0431. The van der Waals surface area contributed by atoms with Crippen LogP contribution in [0.4, 0.5) is 0 Å². The van der Waals surface area contributed by atoms with Crippen molar-refractivity contribution in [2.75, 3.05) is 6.61 Å². The lowest BCUT2D eigenvalue weighted by atomic mass is 9.85. The van der Waals surface area contributed by atoms with Gasteiger partial charge in [-0.05, 0) is 37.8 Å². The number of carbonyl (C=O) groups is 1. The number of aromatic nitrogens is 2. The van der Waals surface area contributed by atoms with Crippen LogP contribution in [0.15, 0.2) is 28.8 Å². The fraction of sp³-hybridized carbons (Fsp3) is 0.526. The first-order valence-electron chi connectivity index (χ1n) is 9.10. The first kappa shape index (κ1) is 16.3. The molecule has 2 unspecified atom stereocenters. The highest BCUT2D eigenvalue weighted by atomic mass is 16.5. The summed E-state index contributed by atoms with van der Waals surface area (Å²) >= 11 is 0. The minimum Gasteiger partial charge on any atom is -0.396 e. The van der Waals surface area contributed by atoms with Crippen molar-refractivity contribution in [2.45, 2.75) is 50.5 Å². The molecule has 0 saturated heterocycles. The lowest BCUT2D eigenvalue weighted by Gasteiger charge is -2.30. The van der Waals surface area contributed by atoms with Crippen molar-refractivity contribution in [3.63, 3.8) is 0 Å². The summed E-state index contributed by atoms with van der Waals surface area (Å²) in [5.41, 5.74) is 1.36. The number of hydrogen-bond acceptors (Lipinski definition) is 5. The molecule has 2 fully saturated rings. The predicted octanol–water partition coefficient (Wildman–Crippen LogP) is 2.89. The number of amides is 1. The molecule has 2 aliphatic carbocycles. The molecule has 1 aromatic carbocycles. The summed E-state index contributed by atoms with van der Waals surface area (Å²) in [5.74, 6) is 1.67. The van der Waals surface area contributed by atoms with Crippen molar-refractivity contribution in [3.8, 4) is 11.4 Å². The average Bonchev–Trinajstić information content (AvgIpc) is 3.39. The molecule has 4 rings (SSSR count). The van der Waals surface area contributed by atoms with Gasteiger partial charge in [0.1, 0.15) is 0 Å². The van der Waals surface area contributed by atoms with Crippen molar-refractivity contribution in [1.29, 1.82) is 0 Å². The third-order valence-electron chi connectivity index (χ3n) is 5.21. The number of carbonyl (C=O) groups excluding carboxylic acids is 1. The fourth-order valence-electron chi connectivity index (χ4n) is 3.52. The lowest BCUT2D eigenvalue weighted by molar-refractivity contribution is 0.0872. The summed E-state index contributed by atoms with van der Waals surface area (Å²) in [7, 11) is 0. The molecule has 0 bridgehead atoms. The van der Waals surface area contributed by atoms with E-state index in [4.69, 9.17) is 4.52 Å². The van der Waals surface area contributed by atoms with Gasteiger partial charge in [0.25, 0.3) is 5.91 Å². The van der Waals surface area contributed by atoms with Crippen molar-refractivity contribution < 1.29 is 14.4 Å². The Morgan fingerprint density at radius 3 is 2.88 bits per heavy atom. The number of nitrogens with one attached hydrogen (secondary N) is 1. The van der Waals surface area contributed by atoms with Crippen LogP contribution in [-0.2, 0) is 0 Å². The third kappa shape index (κ3) is 3.58. The Kier molecular flexibility index (Phi) is 4.53. The second-order valence-electron chi connectivity index (χ2n) is 7.12. The Hall–Kier alpha value is -2.21. The van der Waals surface area contributed by atoms with Gasteiger partial charge in [0.05, 0.1) is 0 Å². The molecule has 0 radical (unpaired) electrons. The number of benzene rings is 1. The molecule has 2 atom stereocenters. The molecule has 2 N–H and O–H groups in total. The van der Waals surface area contributed by atoms with E-state index in [2.05, 4.69) is 15.5 Å². The van der Waals surface area contributed by atoms with Gasteiger partial charge in [-0.25, -0.2) is 0 Å². The largest absolute Gasteiger partial charge is 0.396 e. The molecule has 2 saturated carbocycles. The van der Waals surface area contributed by atoms with E-state index in [-0.39, 0.29) is 24.5 Å². The zero-order valence-electron chi connectivity index (χ0n) is 14.1. The Morgan fingerprint density at radius 2 is 2.08 bits per heavy atom. The lowest BCUT2D eigenvalue weighted by Crippen LogP contribution is -2.43. The number of aliphatic hydroxyl groups is 1. The Balaban J connectivity index is 1.48. The van der Waals surface area contributed by atoms with Crippen LogP contribution >= 0.6 is 0 Å². The maximum absolute atomic E-state index is 12.6. The number of rotatable bonds is 5. The van der Waals surface area contributed by atoms with Crippen LogP contribution in [0.2, 0.25) is 0 Å². The van der Waals surface area contributed by atoms with Crippen LogP contribution in [0, 0.1) is 5.92 Å². The van der Waals surface area contributed by atoms with E-state index in [1.165, 1.54) is 0 Å². The average molecular weight is 341 g/mol. The van der Waals surface area contributed by atoms with Gasteiger partial charge >= 0.3 is 0 Å². The highest BCUT2D eigenvalue weighted by Gasteiger charge is 2.30. The van der Waals surface area contributed by atoms with Crippen LogP contribution < -0.4 is 5.32 Å². The topological polar surface area (TPSA) is 88.2 Å². The summed E-state index contributed by atoms with van der Waals surface area (Å²) in [6, 6.07) is 7.35. The fourth-order valence-corrected chi connectivity index (χ4v) is 3.52. The van der Waals surface area contributed by atoms with Crippen LogP contribution in [0.25, 0.3) is 11.4 Å². The van der Waals surface area contributed by atoms with Crippen LogP contribution in [0.3, 0.4) is 0 Å². The van der Waals surface area contributed by atoms with E-state index >= 15 is 0 Å². The highest BCUT2D eigenvalue weighted by molar-refractivity contribution is 5.95. The molecule has 25 heavy (non-hydrogen) atoms. The number of aliphatic hydroxyl groups excluding tert-OH is 1. The second kappa shape index (κ2) is 6.96. The van der Waals surface area contributed by atoms with E-state index in [1.54, 1.807) is 12.1 Å². The highest BCUT2D eigenvalue weighted by Crippen LogP contribution is 2.39. The van der Waals surface area contributed by atoms with Crippen molar-refractivity contribution >= 4 is 5.91 Å². The zero-order valence-corrected chi connectivity index (χ0v) is 14.1. The number of nitrogens with zero attached hydrogens (tertiary/aromatic N) is 2. The Labute approximate surface area is 146 Å². The summed E-state index contributed by atoms with van der Waals surface area (Å²) in [5, 5.41) is 16.6. The monoisotopic (exact) mass is 341 g/mol. The van der Waals surface area contributed by atoms with E-state index in [9.17, 15) is 9.90 Å². The normalized spacial score (nSPS) is 23.4. The molecular weight excluding hydrogens is 318 g/mol. The van der Waals surface area contributed by atoms with E-state index in [0.717, 1.165) is 44.1 Å². The molecule has 2 aliphatic rings. The molecule has 0 spiro atoms. The number of hydrogen-bond donors (Lipinski definition) is 2. The summed E-state index contributed by atoms with van der Waals surface area (Å²) in [4.78, 5) is 17.1. The van der Waals surface area contributed by atoms with E-state index < -0.39 is 0 Å². The molecule has 1 amide bonds. The van der Waals surface area contributed by atoms with Gasteiger partial charge in [0, 0.05) is 35.6 Å². The predicted molar refractivity (Wildman–Crippen MR) is 92.0 cm³/mol. The van der Waals surface area contributed by atoms with Crippen molar-refractivity contribution in [3.05, 3.63) is 35.7 Å². The third-order valence-corrected chi connectivity index (χ3v) is 5.21. The standard InChI is InChI=1S/C19H23N3O3/c23-11-15-4-1-2-7-16(15)20-18(24)14-6-3-5-13(10-14)17-21-19(25-22-17)12-8-9-12/h3,5-6,10,12,15-16,23H,1-2,4,7-9,11H2,(H,20,24). The van der Waals surface area contributed by atoms with Crippen molar-refractivity contribution in [1.82, 2.24) is 15.5 Å². The molecule has 0 aliphatic heterocycles. The van der Waals surface area contributed by atoms with Gasteiger partial charge in [0.15, 0.2) is 0 Å². The van der Waals surface area contributed by atoms with Gasteiger partial charge in [-0.1, -0.05) is 30.1 Å². The molecule has 1 aromatic heterocycles. The minimum atomic E-state index is -0.113. The van der Waals surface area contributed by atoms with Crippen LogP contribution in [0.5, 0.6) is 0 Å². The second-order valence-corrected chi connectivity index (χ2v) is 7.12. The molecule has 2 aromatic rings. The molecule has 1 heterocycles. The van der Waals surface area contributed by atoms with Gasteiger partial charge in [-0.2, -0.15) is 4.98 Å². The van der Waals surface area contributed by atoms with Crippen molar-refractivity contribution in [2.24, 2.45) is 5.92 Å². The quantitative estimate of drug-likeness (QED) is 0.873. The molecule has 6 heteroatoms. The van der Waals surface area contributed by atoms with Gasteiger partial charge in [0.2, 0.25) is 11.7 Å². The van der Waals surface area contributed by atoms with Crippen LogP contribution in [-0.4, -0.2) is 33.8 Å². The maximum atomic E-state index is 12.6. The van der Waals surface area contributed by atoms with Gasteiger partial charge in [-0.15, -0.1) is 0 Å². The molecule has 132 valence electrons. The van der Waals surface area contributed by atoms with Gasteiger partial charge in [-0.3, -0.25) is 4.79 Å². The summed E-state index contributed by atoms with van der Waals surface area (Å²) < 4.78 is 5.30. The SMILES string of the molecule is O=C(NC1CCCCC1CO)c1cccc(-c2noc(C3CC3)n2)c1. The van der Waals surface area contributed by atoms with E-state index in [0.29, 0.717) is 23.2 Å². The molecule has 6 nitrogen and oxygen atoms in total. The van der Waals surface area contributed by atoms with E-state index in [1.807, 2.05) is 12.1 Å². The summed E-state index contributed by atoms with van der Waals surface area (Å²) in [6.45, 7) is 0.123. The Morgan fingerprint density at radius 1 is 1.24 bits per heavy atom. The Bertz CT molecular complexity index is 754. The smallest absolute Gasteiger partial charge is 0.251 e. The first-order chi connectivity index (χ1) is 12.2.